The third kappa shape index (κ3) is 4.93. The minimum atomic E-state index is -0.147. The van der Waals surface area contributed by atoms with Gasteiger partial charge in [-0.1, -0.05) is 0 Å². The van der Waals surface area contributed by atoms with Crippen LogP contribution in [0.1, 0.15) is 37.0 Å². The van der Waals surface area contributed by atoms with Crippen LogP contribution in [0.2, 0.25) is 0 Å². The summed E-state index contributed by atoms with van der Waals surface area (Å²) in [5.74, 6) is 1.80. The van der Waals surface area contributed by atoms with Crippen molar-refractivity contribution >= 4 is 11.6 Å². The van der Waals surface area contributed by atoms with Gasteiger partial charge in [0.25, 0.3) is 5.91 Å². The first-order valence-corrected chi connectivity index (χ1v) is 9.72. The number of carbonyl (C=O) groups is 1. The summed E-state index contributed by atoms with van der Waals surface area (Å²) in [7, 11) is 1.63. The molecule has 0 aliphatic carbocycles. The number of amides is 1. The summed E-state index contributed by atoms with van der Waals surface area (Å²) in [6.07, 6.45) is 0. The van der Waals surface area contributed by atoms with Gasteiger partial charge in [-0.2, -0.15) is 5.10 Å². The maximum absolute atomic E-state index is 12.4. The highest BCUT2D eigenvalue weighted by molar-refractivity contribution is 5.94. The molecule has 29 heavy (non-hydrogen) atoms. The molecule has 2 N–H and O–H groups in total. The van der Waals surface area contributed by atoms with Crippen LogP contribution in [0.5, 0.6) is 5.75 Å². The summed E-state index contributed by atoms with van der Waals surface area (Å²) in [6.45, 7) is 7.63. The first kappa shape index (κ1) is 20.4. The van der Waals surface area contributed by atoms with E-state index >= 15 is 0 Å². The Balaban J connectivity index is 1.60. The quantitative estimate of drug-likeness (QED) is 0.610. The van der Waals surface area contributed by atoms with Gasteiger partial charge in [-0.25, -0.2) is 4.98 Å². The van der Waals surface area contributed by atoms with Crippen LogP contribution in [0.4, 0.5) is 5.69 Å². The van der Waals surface area contributed by atoms with Crippen molar-refractivity contribution in [1.82, 2.24) is 20.5 Å². The first-order valence-electron chi connectivity index (χ1n) is 9.72. The van der Waals surface area contributed by atoms with Crippen LogP contribution in [-0.4, -0.2) is 40.8 Å². The molecule has 0 bridgehead atoms. The maximum atomic E-state index is 12.4. The van der Waals surface area contributed by atoms with Crippen LogP contribution >= 0.6 is 0 Å². The first-order chi connectivity index (χ1) is 14.0. The number of nitrogens with zero attached hydrogens (tertiary/aromatic N) is 3. The Labute approximate surface area is 171 Å². The zero-order valence-corrected chi connectivity index (χ0v) is 17.3. The van der Waals surface area contributed by atoms with Gasteiger partial charge >= 0.3 is 0 Å². The molecular formula is C22H27N5O2. The fraction of sp³-hybridized carbons (Fsp3) is 0.318. The SMILES string of the molecule is CCN(c1ccc(C(=O)NCc2nc(-c3ccc(OC)cc3)n[nH]2)cc1)C(C)C. The van der Waals surface area contributed by atoms with Gasteiger partial charge in [-0.15, -0.1) is 0 Å². The topological polar surface area (TPSA) is 83.1 Å². The number of anilines is 1. The molecule has 0 saturated carbocycles. The molecule has 0 saturated heterocycles. The summed E-state index contributed by atoms with van der Waals surface area (Å²) < 4.78 is 5.16. The number of nitrogens with one attached hydrogen (secondary N) is 2. The molecular weight excluding hydrogens is 366 g/mol. The highest BCUT2D eigenvalue weighted by atomic mass is 16.5. The van der Waals surface area contributed by atoms with Crippen LogP contribution in [-0.2, 0) is 6.54 Å². The predicted molar refractivity (Wildman–Crippen MR) is 114 cm³/mol. The number of hydrogen-bond donors (Lipinski definition) is 2. The number of benzene rings is 2. The Morgan fingerprint density at radius 1 is 1.14 bits per heavy atom. The second-order valence-corrected chi connectivity index (χ2v) is 6.94. The molecule has 0 fully saturated rings. The van der Waals surface area contributed by atoms with Gasteiger partial charge in [0.1, 0.15) is 11.6 Å². The minimum absolute atomic E-state index is 0.147. The molecule has 0 spiro atoms. The lowest BCUT2D eigenvalue weighted by atomic mass is 10.1. The van der Waals surface area contributed by atoms with Crippen LogP contribution in [0.25, 0.3) is 11.4 Å². The van der Waals surface area contributed by atoms with Crippen LogP contribution in [0.15, 0.2) is 48.5 Å². The zero-order chi connectivity index (χ0) is 20.8. The van der Waals surface area contributed by atoms with E-state index in [1.807, 2.05) is 48.5 Å². The second-order valence-electron chi connectivity index (χ2n) is 6.94. The summed E-state index contributed by atoms with van der Waals surface area (Å²) in [4.78, 5) is 19.2. The molecule has 0 aliphatic heterocycles. The lowest BCUT2D eigenvalue weighted by molar-refractivity contribution is 0.0950. The van der Waals surface area contributed by atoms with E-state index in [2.05, 4.69) is 46.2 Å². The Kier molecular flexibility index (Phi) is 6.49. The summed E-state index contributed by atoms with van der Waals surface area (Å²) in [5, 5.41) is 9.96. The minimum Gasteiger partial charge on any atom is -0.497 e. The summed E-state index contributed by atoms with van der Waals surface area (Å²) in [5.41, 5.74) is 2.60. The maximum Gasteiger partial charge on any atom is 0.251 e. The highest BCUT2D eigenvalue weighted by Gasteiger charge is 2.11. The van der Waals surface area contributed by atoms with Crippen molar-refractivity contribution < 1.29 is 9.53 Å². The number of aromatic amines is 1. The standard InChI is InChI=1S/C22H27N5O2/c1-5-27(15(2)3)18-10-6-17(7-11-18)22(28)23-14-20-24-21(26-25-20)16-8-12-19(29-4)13-9-16/h6-13,15H,5,14H2,1-4H3,(H,23,28)(H,24,25,26). The molecule has 152 valence electrons. The molecule has 0 radical (unpaired) electrons. The Morgan fingerprint density at radius 3 is 2.41 bits per heavy atom. The van der Waals surface area contributed by atoms with E-state index in [1.54, 1.807) is 7.11 Å². The van der Waals surface area contributed by atoms with E-state index in [4.69, 9.17) is 4.74 Å². The van der Waals surface area contributed by atoms with Crippen LogP contribution in [0.3, 0.4) is 0 Å². The number of H-pyrrole nitrogens is 1. The van der Waals surface area contributed by atoms with Crippen molar-refractivity contribution in [2.45, 2.75) is 33.4 Å². The summed E-state index contributed by atoms with van der Waals surface area (Å²) in [6, 6.07) is 15.6. The smallest absolute Gasteiger partial charge is 0.251 e. The molecule has 1 heterocycles. The van der Waals surface area contributed by atoms with Gasteiger partial charge in [0.05, 0.1) is 13.7 Å². The number of hydrogen-bond acceptors (Lipinski definition) is 5. The van der Waals surface area contributed by atoms with E-state index in [1.165, 1.54) is 0 Å². The van der Waals surface area contributed by atoms with Gasteiger partial charge in [0.2, 0.25) is 0 Å². The Hall–Kier alpha value is -3.35. The zero-order valence-electron chi connectivity index (χ0n) is 17.3. The normalized spacial score (nSPS) is 10.8. The number of aromatic nitrogens is 3. The van der Waals surface area contributed by atoms with Gasteiger partial charge in [-0.3, -0.25) is 9.89 Å². The molecule has 0 unspecified atom stereocenters. The largest absolute Gasteiger partial charge is 0.497 e. The molecule has 0 aliphatic rings. The molecule has 7 heteroatoms. The summed E-state index contributed by atoms with van der Waals surface area (Å²) >= 11 is 0. The lowest BCUT2D eigenvalue weighted by Crippen LogP contribution is -2.30. The molecule has 3 aromatic rings. The van der Waals surface area contributed by atoms with Crippen LogP contribution in [0, 0.1) is 0 Å². The van der Waals surface area contributed by atoms with E-state index < -0.39 is 0 Å². The monoisotopic (exact) mass is 393 g/mol. The Bertz CT molecular complexity index is 933. The molecule has 7 nitrogen and oxygen atoms in total. The molecule has 1 aromatic heterocycles. The van der Waals surface area contributed by atoms with Crippen molar-refractivity contribution in [1.29, 1.82) is 0 Å². The van der Waals surface area contributed by atoms with Gasteiger partial charge in [-0.05, 0) is 69.3 Å². The van der Waals surface area contributed by atoms with Crippen molar-refractivity contribution in [3.63, 3.8) is 0 Å². The van der Waals surface area contributed by atoms with Crippen LogP contribution < -0.4 is 15.0 Å². The van der Waals surface area contributed by atoms with Crippen molar-refractivity contribution in [2.24, 2.45) is 0 Å². The molecule has 1 amide bonds. The average molecular weight is 393 g/mol. The molecule has 0 atom stereocenters. The van der Waals surface area contributed by atoms with Crippen molar-refractivity contribution in [2.75, 3.05) is 18.6 Å². The number of ether oxygens (including phenoxy) is 1. The highest BCUT2D eigenvalue weighted by Crippen LogP contribution is 2.19. The van der Waals surface area contributed by atoms with E-state index in [9.17, 15) is 4.79 Å². The third-order valence-corrected chi connectivity index (χ3v) is 4.72. The average Bonchev–Trinajstić information content (AvgIpc) is 3.22. The van der Waals surface area contributed by atoms with E-state index in [0.29, 0.717) is 23.3 Å². The Morgan fingerprint density at radius 2 is 1.83 bits per heavy atom. The predicted octanol–water partition coefficient (Wildman–Crippen LogP) is 3.65. The van der Waals surface area contributed by atoms with Gasteiger partial charge in [0.15, 0.2) is 5.82 Å². The third-order valence-electron chi connectivity index (χ3n) is 4.72. The fourth-order valence-corrected chi connectivity index (χ4v) is 3.16. The lowest BCUT2D eigenvalue weighted by Gasteiger charge is -2.27. The fourth-order valence-electron chi connectivity index (χ4n) is 3.16. The molecule has 2 aromatic carbocycles. The number of carbonyl (C=O) groups excluding carboxylic acids is 1. The van der Waals surface area contributed by atoms with Crippen molar-refractivity contribution in [3.8, 4) is 17.1 Å². The van der Waals surface area contributed by atoms with E-state index in [0.717, 1.165) is 23.5 Å². The number of methoxy groups -OCH3 is 1. The van der Waals surface area contributed by atoms with E-state index in [-0.39, 0.29) is 12.5 Å². The second kappa shape index (κ2) is 9.23. The van der Waals surface area contributed by atoms with Gasteiger partial charge in [0, 0.05) is 29.4 Å². The number of rotatable bonds is 8. The van der Waals surface area contributed by atoms with Gasteiger partial charge < -0.3 is 15.0 Å². The molecule has 3 rings (SSSR count). The van der Waals surface area contributed by atoms with Crippen molar-refractivity contribution in [3.05, 3.63) is 59.9 Å².